The maximum absolute atomic E-state index is 12.4. The van der Waals surface area contributed by atoms with E-state index in [2.05, 4.69) is 28.1 Å². The fraction of sp³-hybridized carbons (Fsp3) is 0.278. The van der Waals surface area contributed by atoms with Crippen LogP contribution in [0, 0.1) is 0 Å². The third-order valence-corrected chi connectivity index (χ3v) is 5.07. The summed E-state index contributed by atoms with van der Waals surface area (Å²) in [5, 5.41) is -0.0484. The Morgan fingerprint density at radius 2 is 1.82 bits per heavy atom. The van der Waals surface area contributed by atoms with Crippen LogP contribution in [-0.4, -0.2) is 23.1 Å². The van der Waals surface area contributed by atoms with Gasteiger partial charge in [-0.3, -0.25) is 4.79 Å². The van der Waals surface area contributed by atoms with Gasteiger partial charge in [0.25, 0.3) is 0 Å². The second-order valence-electron chi connectivity index (χ2n) is 5.26. The molecule has 0 spiro atoms. The molecule has 2 rings (SSSR count). The van der Waals surface area contributed by atoms with Gasteiger partial charge in [0.05, 0.1) is 5.25 Å². The Labute approximate surface area is 145 Å². The molecule has 0 saturated carbocycles. The Kier molecular flexibility index (Phi) is 6.52. The Bertz CT molecular complexity index is 617. The second-order valence-corrected chi connectivity index (χ2v) is 7.51. The van der Waals surface area contributed by atoms with Crippen molar-refractivity contribution in [1.29, 1.82) is 0 Å². The zero-order chi connectivity index (χ0) is 15.9. The molecule has 0 aliphatic heterocycles. The van der Waals surface area contributed by atoms with Crippen molar-refractivity contribution in [2.45, 2.75) is 24.5 Å². The van der Waals surface area contributed by atoms with Crippen molar-refractivity contribution in [2.24, 2.45) is 0 Å². The molecule has 0 heterocycles. The van der Waals surface area contributed by atoms with Crippen molar-refractivity contribution >= 4 is 33.6 Å². The van der Waals surface area contributed by atoms with Crippen LogP contribution >= 0.6 is 27.7 Å². The van der Waals surface area contributed by atoms with E-state index in [-0.39, 0.29) is 11.2 Å². The molecule has 4 heteroatoms. The van der Waals surface area contributed by atoms with Crippen molar-refractivity contribution < 1.29 is 4.79 Å². The van der Waals surface area contributed by atoms with E-state index < -0.39 is 0 Å². The minimum atomic E-state index is -0.0484. The summed E-state index contributed by atoms with van der Waals surface area (Å²) in [7, 11) is 1.87. The molecule has 22 heavy (non-hydrogen) atoms. The average Bonchev–Trinajstić information content (AvgIpc) is 2.53. The molecule has 1 amide bonds. The topological polar surface area (TPSA) is 20.3 Å². The van der Waals surface area contributed by atoms with Crippen LogP contribution in [0.5, 0.6) is 0 Å². The van der Waals surface area contributed by atoms with Crippen LogP contribution in [-0.2, 0) is 17.1 Å². The number of rotatable bonds is 6. The highest BCUT2D eigenvalue weighted by Crippen LogP contribution is 2.21. The number of carbonyl (C=O) groups excluding carboxylic acids is 1. The van der Waals surface area contributed by atoms with Crippen LogP contribution < -0.4 is 0 Å². The molecule has 1 atom stereocenters. The second kappa shape index (κ2) is 8.39. The highest BCUT2D eigenvalue weighted by atomic mass is 79.9. The van der Waals surface area contributed by atoms with E-state index in [1.807, 2.05) is 56.4 Å². The molecular formula is C18H20BrNOS. The summed E-state index contributed by atoms with van der Waals surface area (Å²) in [4.78, 5) is 14.2. The number of benzene rings is 2. The minimum Gasteiger partial charge on any atom is -0.340 e. The molecule has 0 radical (unpaired) electrons. The van der Waals surface area contributed by atoms with Crippen molar-refractivity contribution in [3.63, 3.8) is 0 Å². The highest BCUT2D eigenvalue weighted by Gasteiger charge is 2.18. The van der Waals surface area contributed by atoms with Gasteiger partial charge in [-0.15, -0.1) is 11.8 Å². The van der Waals surface area contributed by atoms with Crippen LogP contribution in [0.25, 0.3) is 0 Å². The zero-order valence-electron chi connectivity index (χ0n) is 12.8. The van der Waals surface area contributed by atoms with Crippen LogP contribution in [0.3, 0.4) is 0 Å². The third kappa shape index (κ3) is 5.18. The van der Waals surface area contributed by atoms with Gasteiger partial charge in [0.2, 0.25) is 5.91 Å². The van der Waals surface area contributed by atoms with Gasteiger partial charge >= 0.3 is 0 Å². The molecule has 2 nitrogen and oxygen atoms in total. The summed E-state index contributed by atoms with van der Waals surface area (Å²) in [6.45, 7) is 2.63. The molecule has 116 valence electrons. The number of hydrogen-bond donors (Lipinski definition) is 0. The molecule has 0 aromatic heterocycles. The summed E-state index contributed by atoms with van der Waals surface area (Å²) in [6.07, 6.45) is 0. The van der Waals surface area contributed by atoms with E-state index >= 15 is 0 Å². The molecule has 1 unspecified atom stereocenters. The molecule has 0 fully saturated rings. The van der Waals surface area contributed by atoms with E-state index in [1.54, 1.807) is 16.7 Å². The predicted octanol–water partition coefficient (Wildman–Crippen LogP) is 4.73. The summed E-state index contributed by atoms with van der Waals surface area (Å²) < 4.78 is 1.07. The third-order valence-electron chi connectivity index (χ3n) is 3.38. The first-order chi connectivity index (χ1) is 10.6. The monoisotopic (exact) mass is 377 g/mol. The number of thioether (sulfide) groups is 1. The van der Waals surface area contributed by atoms with Gasteiger partial charge in [-0.2, -0.15) is 0 Å². The summed E-state index contributed by atoms with van der Waals surface area (Å²) in [5.74, 6) is 1.01. The van der Waals surface area contributed by atoms with Gasteiger partial charge in [0.15, 0.2) is 0 Å². The van der Waals surface area contributed by atoms with Gasteiger partial charge in [0, 0.05) is 23.8 Å². The first-order valence-electron chi connectivity index (χ1n) is 7.21. The van der Waals surface area contributed by atoms with Crippen LogP contribution in [0.1, 0.15) is 18.1 Å². The fourth-order valence-corrected chi connectivity index (χ4v) is 3.56. The number of halogens is 1. The Hall–Kier alpha value is -1.26. The largest absolute Gasteiger partial charge is 0.340 e. The van der Waals surface area contributed by atoms with E-state index in [9.17, 15) is 4.79 Å². The highest BCUT2D eigenvalue weighted by molar-refractivity contribution is 9.10. The lowest BCUT2D eigenvalue weighted by Crippen LogP contribution is -2.32. The molecule has 0 N–H and O–H groups in total. The van der Waals surface area contributed by atoms with Crippen LogP contribution in [0.15, 0.2) is 59.1 Å². The van der Waals surface area contributed by atoms with Crippen LogP contribution in [0.2, 0.25) is 0 Å². The lowest BCUT2D eigenvalue weighted by Gasteiger charge is -2.21. The van der Waals surface area contributed by atoms with Gasteiger partial charge in [-0.25, -0.2) is 0 Å². The fourth-order valence-electron chi connectivity index (χ4n) is 2.16. The predicted molar refractivity (Wildman–Crippen MR) is 97.8 cm³/mol. The SMILES string of the molecule is CC(SCc1cccc(Br)c1)C(=O)N(C)Cc1ccccc1. The maximum Gasteiger partial charge on any atom is 0.235 e. The Morgan fingerprint density at radius 3 is 2.50 bits per heavy atom. The normalized spacial score (nSPS) is 12.0. The number of nitrogens with zero attached hydrogens (tertiary/aromatic N) is 1. The summed E-state index contributed by atoms with van der Waals surface area (Å²) in [6, 6.07) is 18.3. The molecule has 0 aliphatic carbocycles. The van der Waals surface area contributed by atoms with Crippen molar-refractivity contribution in [2.75, 3.05) is 7.05 Å². The average molecular weight is 378 g/mol. The van der Waals surface area contributed by atoms with Gasteiger partial charge in [-0.05, 0) is 30.2 Å². The molecule has 0 aliphatic rings. The van der Waals surface area contributed by atoms with Crippen molar-refractivity contribution in [3.05, 3.63) is 70.2 Å². The van der Waals surface area contributed by atoms with Gasteiger partial charge in [0.1, 0.15) is 0 Å². The first-order valence-corrected chi connectivity index (χ1v) is 9.05. The Balaban J connectivity index is 1.86. The molecule has 0 bridgehead atoms. The lowest BCUT2D eigenvalue weighted by molar-refractivity contribution is -0.129. The molecule has 0 saturated heterocycles. The molecule has 2 aromatic rings. The zero-order valence-corrected chi connectivity index (χ0v) is 15.2. The van der Waals surface area contributed by atoms with E-state index in [0.717, 1.165) is 15.8 Å². The van der Waals surface area contributed by atoms with Crippen molar-refractivity contribution in [3.8, 4) is 0 Å². The molecular weight excluding hydrogens is 358 g/mol. The van der Waals surface area contributed by atoms with Gasteiger partial charge in [-0.1, -0.05) is 58.4 Å². The van der Waals surface area contributed by atoms with E-state index in [0.29, 0.717) is 6.54 Å². The van der Waals surface area contributed by atoms with E-state index in [1.165, 1.54) is 5.56 Å². The quantitative estimate of drug-likeness (QED) is 0.724. The first kappa shape index (κ1) is 17.1. The Morgan fingerprint density at radius 1 is 1.14 bits per heavy atom. The smallest absolute Gasteiger partial charge is 0.235 e. The lowest BCUT2D eigenvalue weighted by atomic mass is 10.2. The number of amides is 1. The number of hydrogen-bond acceptors (Lipinski definition) is 2. The van der Waals surface area contributed by atoms with E-state index in [4.69, 9.17) is 0 Å². The maximum atomic E-state index is 12.4. The standard InChI is InChI=1S/C18H20BrNOS/c1-14(22-13-16-9-6-10-17(19)11-16)18(21)20(2)12-15-7-4-3-5-8-15/h3-11,14H,12-13H2,1-2H3. The molecule has 2 aromatic carbocycles. The summed E-state index contributed by atoms with van der Waals surface area (Å²) in [5.41, 5.74) is 2.38. The summed E-state index contributed by atoms with van der Waals surface area (Å²) >= 11 is 5.15. The number of carbonyl (C=O) groups is 1. The minimum absolute atomic E-state index is 0.0484. The van der Waals surface area contributed by atoms with Gasteiger partial charge < -0.3 is 4.90 Å². The van der Waals surface area contributed by atoms with Crippen LogP contribution in [0.4, 0.5) is 0 Å². The van der Waals surface area contributed by atoms with Crippen molar-refractivity contribution in [1.82, 2.24) is 4.90 Å².